The lowest BCUT2D eigenvalue weighted by Crippen LogP contribution is -2.25. The van der Waals surface area contributed by atoms with E-state index in [1.165, 1.54) is 24.1 Å². The summed E-state index contributed by atoms with van der Waals surface area (Å²) in [6.07, 6.45) is 6.31. The van der Waals surface area contributed by atoms with E-state index in [4.69, 9.17) is 16.3 Å². The molecule has 0 bridgehead atoms. The van der Waals surface area contributed by atoms with E-state index in [-0.39, 0.29) is 11.4 Å². The van der Waals surface area contributed by atoms with E-state index < -0.39 is 0 Å². The fourth-order valence-corrected chi connectivity index (χ4v) is 4.04. The molecule has 0 radical (unpaired) electrons. The van der Waals surface area contributed by atoms with Crippen LogP contribution in [0.15, 0.2) is 6.07 Å². The fraction of sp³-hybridized carbons (Fsp3) is 0.600. The van der Waals surface area contributed by atoms with E-state index in [0.29, 0.717) is 5.88 Å². The Labute approximate surface area is 128 Å². The number of hydrogen-bond donors (Lipinski definition) is 0. The molecule has 0 saturated heterocycles. The molecule has 1 saturated carbocycles. The van der Waals surface area contributed by atoms with Crippen molar-refractivity contribution in [3.8, 4) is 5.88 Å². The maximum absolute atomic E-state index is 6.17. The molecule has 0 amide bonds. The van der Waals surface area contributed by atoms with Gasteiger partial charge in [0, 0.05) is 4.88 Å². The zero-order chi connectivity index (χ0) is 14.1. The van der Waals surface area contributed by atoms with Crippen molar-refractivity contribution >= 4 is 33.2 Å². The Balaban J connectivity index is 1.86. The molecule has 0 N–H and O–H groups in total. The van der Waals surface area contributed by atoms with Gasteiger partial charge in [0.2, 0.25) is 11.2 Å². The lowest BCUT2D eigenvalue weighted by atomic mass is 9.85. The molecule has 1 fully saturated rings. The molecule has 2 atom stereocenters. The second-order valence-corrected chi connectivity index (χ2v) is 7.13. The van der Waals surface area contributed by atoms with Crippen LogP contribution in [-0.2, 0) is 0 Å². The van der Waals surface area contributed by atoms with Crippen molar-refractivity contribution in [1.82, 2.24) is 9.97 Å². The number of halogens is 1. The SMILES string of the molecule is CCC1CCCC(Oc2nc(Cl)nc3sc(C)cc23)C1. The van der Waals surface area contributed by atoms with Crippen LogP contribution in [0.5, 0.6) is 5.88 Å². The molecule has 108 valence electrons. The Bertz CT molecular complexity index is 613. The first-order valence-electron chi connectivity index (χ1n) is 7.26. The summed E-state index contributed by atoms with van der Waals surface area (Å²) in [5.74, 6) is 1.44. The summed E-state index contributed by atoms with van der Waals surface area (Å²) in [6, 6.07) is 2.09. The number of aromatic nitrogens is 2. The van der Waals surface area contributed by atoms with Gasteiger partial charge in [-0.3, -0.25) is 0 Å². The summed E-state index contributed by atoms with van der Waals surface area (Å²) in [6.45, 7) is 4.33. The maximum atomic E-state index is 6.17. The minimum absolute atomic E-state index is 0.267. The van der Waals surface area contributed by atoms with Crippen LogP contribution in [-0.4, -0.2) is 16.1 Å². The number of ether oxygens (including phenoxy) is 1. The highest BCUT2D eigenvalue weighted by Crippen LogP contribution is 2.34. The van der Waals surface area contributed by atoms with Crippen LogP contribution >= 0.6 is 22.9 Å². The molecule has 1 aliphatic carbocycles. The van der Waals surface area contributed by atoms with E-state index in [1.54, 1.807) is 11.3 Å². The summed E-state index contributed by atoms with van der Waals surface area (Å²) in [4.78, 5) is 10.7. The molecule has 1 aliphatic rings. The van der Waals surface area contributed by atoms with Crippen LogP contribution < -0.4 is 4.74 Å². The average Bonchev–Trinajstić information content (AvgIpc) is 2.79. The standard InChI is InChI=1S/C15H19ClN2OS/c1-3-10-5-4-6-11(8-10)19-13-12-7-9(2)20-14(12)18-15(16)17-13/h7,10-11H,3-6,8H2,1-2H3. The number of aryl methyl sites for hydroxylation is 1. The Hall–Kier alpha value is -0.870. The monoisotopic (exact) mass is 310 g/mol. The molecule has 2 aromatic heterocycles. The van der Waals surface area contributed by atoms with Crippen molar-refractivity contribution in [1.29, 1.82) is 0 Å². The lowest BCUT2D eigenvalue weighted by molar-refractivity contribution is 0.119. The molecule has 3 nitrogen and oxygen atoms in total. The van der Waals surface area contributed by atoms with Gasteiger partial charge in [0.25, 0.3) is 0 Å². The van der Waals surface area contributed by atoms with Gasteiger partial charge in [-0.2, -0.15) is 4.98 Å². The smallest absolute Gasteiger partial charge is 0.227 e. The number of thiophene rings is 1. The van der Waals surface area contributed by atoms with Gasteiger partial charge < -0.3 is 4.74 Å². The molecule has 20 heavy (non-hydrogen) atoms. The molecule has 0 aromatic carbocycles. The van der Waals surface area contributed by atoms with Crippen LogP contribution in [0.1, 0.15) is 43.9 Å². The van der Waals surface area contributed by atoms with Gasteiger partial charge in [-0.15, -0.1) is 11.3 Å². The summed E-state index contributed by atoms with van der Waals surface area (Å²) < 4.78 is 6.17. The van der Waals surface area contributed by atoms with Gasteiger partial charge in [-0.05, 0) is 49.8 Å². The maximum Gasteiger partial charge on any atom is 0.227 e. The second kappa shape index (κ2) is 5.86. The van der Waals surface area contributed by atoms with Crippen LogP contribution in [0.25, 0.3) is 10.2 Å². The number of nitrogens with zero attached hydrogens (tertiary/aromatic N) is 2. The molecule has 2 unspecified atom stereocenters. The van der Waals surface area contributed by atoms with Gasteiger partial charge in [-0.1, -0.05) is 19.8 Å². The van der Waals surface area contributed by atoms with E-state index >= 15 is 0 Å². The third kappa shape index (κ3) is 2.91. The van der Waals surface area contributed by atoms with Gasteiger partial charge in [-0.25, -0.2) is 4.98 Å². The predicted molar refractivity (Wildman–Crippen MR) is 83.8 cm³/mol. The Morgan fingerprint density at radius 3 is 3.05 bits per heavy atom. The predicted octanol–water partition coefficient (Wildman–Crippen LogP) is 5.00. The molecule has 0 spiro atoms. The average molecular weight is 311 g/mol. The summed E-state index contributed by atoms with van der Waals surface area (Å²) in [5, 5.41) is 1.27. The highest BCUT2D eigenvalue weighted by atomic mass is 35.5. The highest BCUT2D eigenvalue weighted by molar-refractivity contribution is 7.18. The number of rotatable bonds is 3. The van der Waals surface area contributed by atoms with E-state index in [1.807, 2.05) is 0 Å². The minimum Gasteiger partial charge on any atom is -0.474 e. The summed E-state index contributed by atoms with van der Waals surface area (Å²) in [7, 11) is 0. The molecule has 0 aliphatic heterocycles. The first-order valence-corrected chi connectivity index (χ1v) is 8.45. The third-order valence-corrected chi connectivity index (χ3v) is 5.16. The Morgan fingerprint density at radius 2 is 2.25 bits per heavy atom. The first-order chi connectivity index (χ1) is 9.65. The van der Waals surface area contributed by atoms with Crippen LogP contribution in [0, 0.1) is 12.8 Å². The summed E-state index contributed by atoms with van der Waals surface area (Å²) >= 11 is 7.64. The van der Waals surface area contributed by atoms with Crippen molar-refractivity contribution < 1.29 is 4.74 Å². The molecule has 5 heteroatoms. The van der Waals surface area contributed by atoms with Crippen molar-refractivity contribution in [2.24, 2.45) is 5.92 Å². The van der Waals surface area contributed by atoms with Crippen LogP contribution in [0.2, 0.25) is 5.28 Å². The molecule has 3 rings (SSSR count). The van der Waals surface area contributed by atoms with E-state index in [9.17, 15) is 0 Å². The van der Waals surface area contributed by atoms with Crippen molar-refractivity contribution in [2.75, 3.05) is 0 Å². The second-order valence-electron chi connectivity index (χ2n) is 5.55. The number of hydrogen-bond acceptors (Lipinski definition) is 4. The van der Waals surface area contributed by atoms with Gasteiger partial charge in [0.05, 0.1) is 5.39 Å². The Morgan fingerprint density at radius 1 is 1.40 bits per heavy atom. The molecule has 2 heterocycles. The van der Waals surface area contributed by atoms with Crippen LogP contribution in [0.4, 0.5) is 0 Å². The highest BCUT2D eigenvalue weighted by Gasteiger charge is 2.23. The minimum atomic E-state index is 0.267. The summed E-state index contributed by atoms with van der Waals surface area (Å²) in [5.41, 5.74) is 0. The molecular formula is C15H19ClN2OS. The zero-order valence-corrected chi connectivity index (χ0v) is 13.4. The third-order valence-electron chi connectivity index (χ3n) is 4.04. The van der Waals surface area contributed by atoms with Gasteiger partial charge >= 0.3 is 0 Å². The van der Waals surface area contributed by atoms with Crippen LogP contribution in [0.3, 0.4) is 0 Å². The molecule has 2 aromatic rings. The fourth-order valence-electron chi connectivity index (χ4n) is 2.96. The van der Waals surface area contributed by atoms with Gasteiger partial charge in [0.15, 0.2) is 0 Å². The molecular weight excluding hydrogens is 292 g/mol. The lowest BCUT2D eigenvalue weighted by Gasteiger charge is -2.28. The van der Waals surface area contributed by atoms with E-state index in [0.717, 1.165) is 29.0 Å². The van der Waals surface area contributed by atoms with E-state index in [2.05, 4.69) is 29.9 Å². The number of fused-ring (bicyclic) bond motifs is 1. The van der Waals surface area contributed by atoms with Crippen molar-refractivity contribution in [2.45, 2.75) is 52.1 Å². The van der Waals surface area contributed by atoms with Crippen molar-refractivity contribution in [3.05, 3.63) is 16.2 Å². The quantitative estimate of drug-likeness (QED) is 0.748. The largest absolute Gasteiger partial charge is 0.474 e. The normalized spacial score (nSPS) is 23.1. The Kier molecular flexibility index (Phi) is 4.13. The first kappa shape index (κ1) is 14.1. The topological polar surface area (TPSA) is 35.0 Å². The van der Waals surface area contributed by atoms with Gasteiger partial charge in [0.1, 0.15) is 10.9 Å². The van der Waals surface area contributed by atoms with Crippen molar-refractivity contribution in [3.63, 3.8) is 0 Å². The zero-order valence-electron chi connectivity index (χ0n) is 11.9.